The molecular weight excluding hydrogens is 302 g/mol. The molecule has 1 heterocycles. The van der Waals surface area contributed by atoms with Crippen LogP contribution in [0, 0.1) is 11.3 Å². The predicted molar refractivity (Wildman–Crippen MR) is 115 cm³/mol. The molecule has 0 aromatic carbocycles. The van der Waals surface area contributed by atoms with Gasteiger partial charge in [-0.05, 0) is 50.9 Å². The van der Waals surface area contributed by atoms with Gasteiger partial charge in [0.15, 0.2) is 0 Å². The van der Waals surface area contributed by atoms with E-state index in [0.29, 0.717) is 6.04 Å². The maximum Gasteiger partial charge on any atom is 0.0558 e. The van der Waals surface area contributed by atoms with Gasteiger partial charge < -0.3 is 0 Å². The van der Waals surface area contributed by atoms with Gasteiger partial charge in [0.05, 0.1) is 6.04 Å². The van der Waals surface area contributed by atoms with E-state index in [0.717, 1.165) is 18.8 Å². The largest absolute Gasteiger partial charge is 0.293 e. The zero-order chi connectivity index (χ0) is 18.4. The quantitative estimate of drug-likeness (QED) is 0.376. The number of rotatable bonds is 9. The predicted octanol–water partition coefficient (Wildman–Crippen LogP) is 7.92. The molecule has 0 saturated heterocycles. The van der Waals surface area contributed by atoms with Crippen molar-refractivity contribution in [2.24, 2.45) is 16.3 Å². The van der Waals surface area contributed by atoms with Crippen LogP contribution in [-0.2, 0) is 0 Å². The molecule has 3 atom stereocenters. The maximum absolute atomic E-state index is 5.25. The lowest BCUT2D eigenvalue weighted by Crippen LogP contribution is -2.25. The van der Waals surface area contributed by atoms with Crippen molar-refractivity contribution in [2.75, 3.05) is 0 Å². The van der Waals surface area contributed by atoms with E-state index in [-0.39, 0.29) is 5.41 Å². The molecule has 0 aromatic heterocycles. The zero-order valence-corrected chi connectivity index (χ0v) is 17.5. The van der Waals surface area contributed by atoms with Crippen LogP contribution in [0.3, 0.4) is 0 Å². The van der Waals surface area contributed by atoms with E-state index in [2.05, 4.69) is 58.2 Å². The van der Waals surface area contributed by atoms with Gasteiger partial charge in [-0.1, -0.05) is 84.1 Å². The average Bonchev–Trinajstić information content (AvgIpc) is 2.63. The summed E-state index contributed by atoms with van der Waals surface area (Å²) in [6.45, 7) is 9.31. The van der Waals surface area contributed by atoms with Gasteiger partial charge in [-0.2, -0.15) is 0 Å². The second-order valence-electron chi connectivity index (χ2n) is 7.94. The third-order valence-corrected chi connectivity index (χ3v) is 6.00. The first kappa shape index (κ1) is 22.2. The van der Waals surface area contributed by atoms with Crippen LogP contribution in [0.15, 0.2) is 29.3 Å². The molecule has 0 spiro atoms. The van der Waals surface area contributed by atoms with Gasteiger partial charge in [0.2, 0.25) is 0 Å². The van der Waals surface area contributed by atoms with E-state index in [1.165, 1.54) is 64.2 Å². The van der Waals surface area contributed by atoms with Crippen molar-refractivity contribution in [1.82, 2.24) is 0 Å². The molecule has 1 nitrogen and oxygen atoms in total. The number of allylic oxidation sites excluding steroid dienone is 3. The van der Waals surface area contributed by atoms with Crippen LogP contribution in [0.2, 0.25) is 0 Å². The molecule has 144 valence electrons. The number of hydrogen-bond acceptors (Lipinski definition) is 1. The lowest BCUT2D eigenvalue weighted by Gasteiger charge is -2.30. The Labute approximate surface area is 158 Å². The first-order valence-electron chi connectivity index (χ1n) is 11.1. The standard InChI is InChI=1S/C24H43N/c1-5-9-17-22(7-3)23-18-15-13-11-12-14-16-20-24(8-4,21-25-23)19-10-6-2/h13-16,21-23H,5-12,17-20H2,1-4H3/b15-13+,16-14+,25-21?. The summed E-state index contributed by atoms with van der Waals surface area (Å²) in [5.74, 6) is 0.736. The highest BCUT2D eigenvalue weighted by Gasteiger charge is 2.26. The van der Waals surface area contributed by atoms with Gasteiger partial charge in [-0.25, -0.2) is 0 Å². The summed E-state index contributed by atoms with van der Waals surface area (Å²) in [5, 5.41) is 0. The van der Waals surface area contributed by atoms with Crippen molar-refractivity contribution in [3.05, 3.63) is 24.3 Å². The van der Waals surface area contributed by atoms with Gasteiger partial charge in [-0.3, -0.25) is 4.99 Å². The first-order valence-corrected chi connectivity index (χ1v) is 11.1. The lowest BCUT2D eigenvalue weighted by atomic mass is 9.78. The van der Waals surface area contributed by atoms with Crippen LogP contribution in [0.1, 0.15) is 105 Å². The van der Waals surface area contributed by atoms with Crippen LogP contribution in [0.4, 0.5) is 0 Å². The second kappa shape index (κ2) is 13.4. The van der Waals surface area contributed by atoms with E-state index in [1.54, 1.807) is 0 Å². The minimum Gasteiger partial charge on any atom is -0.293 e. The summed E-state index contributed by atoms with van der Waals surface area (Å²) >= 11 is 0. The molecule has 1 aliphatic rings. The van der Waals surface area contributed by atoms with Crippen molar-refractivity contribution in [1.29, 1.82) is 0 Å². The Morgan fingerprint density at radius 3 is 2.32 bits per heavy atom. The fourth-order valence-corrected chi connectivity index (χ4v) is 3.91. The first-order chi connectivity index (χ1) is 12.2. The molecule has 1 rings (SSSR count). The molecule has 0 saturated carbocycles. The molecule has 0 amide bonds. The Morgan fingerprint density at radius 1 is 0.960 bits per heavy atom. The van der Waals surface area contributed by atoms with Crippen molar-refractivity contribution < 1.29 is 0 Å². The van der Waals surface area contributed by atoms with Crippen LogP contribution in [-0.4, -0.2) is 12.3 Å². The third-order valence-electron chi connectivity index (χ3n) is 6.00. The Hall–Kier alpha value is -0.850. The van der Waals surface area contributed by atoms with E-state index >= 15 is 0 Å². The van der Waals surface area contributed by atoms with Crippen LogP contribution in [0.5, 0.6) is 0 Å². The minimum absolute atomic E-state index is 0.275. The number of unbranched alkanes of at least 4 members (excludes halogenated alkanes) is 2. The highest BCUT2D eigenvalue weighted by Crippen LogP contribution is 2.33. The van der Waals surface area contributed by atoms with E-state index in [9.17, 15) is 0 Å². The SMILES string of the molecule is CCCCC(CC)C1C/C=C/CC/C=C/CC(CC)(CCCC)C=N1. The summed E-state index contributed by atoms with van der Waals surface area (Å²) in [4.78, 5) is 5.25. The molecule has 1 heteroatoms. The molecule has 0 N–H and O–H groups in total. The Bertz CT molecular complexity index is 406. The molecule has 3 unspecified atom stereocenters. The van der Waals surface area contributed by atoms with Crippen molar-refractivity contribution >= 4 is 6.21 Å². The fraction of sp³-hybridized carbons (Fsp3) is 0.792. The van der Waals surface area contributed by atoms with Gasteiger partial charge in [-0.15, -0.1) is 0 Å². The Kier molecular flexibility index (Phi) is 11.9. The molecule has 0 aromatic rings. The molecule has 0 bridgehead atoms. The minimum atomic E-state index is 0.275. The van der Waals surface area contributed by atoms with Crippen molar-refractivity contribution in [2.45, 2.75) is 111 Å². The lowest BCUT2D eigenvalue weighted by molar-refractivity contribution is 0.351. The Morgan fingerprint density at radius 2 is 1.68 bits per heavy atom. The summed E-state index contributed by atoms with van der Waals surface area (Å²) in [5.41, 5.74) is 0.275. The van der Waals surface area contributed by atoms with Crippen LogP contribution < -0.4 is 0 Å². The van der Waals surface area contributed by atoms with Crippen LogP contribution >= 0.6 is 0 Å². The number of hydrogen-bond donors (Lipinski definition) is 0. The molecule has 25 heavy (non-hydrogen) atoms. The Balaban J connectivity index is 3.02. The third kappa shape index (κ3) is 8.38. The summed E-state index contributed by atoms with van der Waals surface area (Å²) in [6.07, 6.45) is 26.9. The van der Waals surface area contributed by atoms with Crippen LogP contribution in [0.25, 0.3) is 0 Å². The van der Waals surface area contributed by atoms with Gasteiger partial charge in [0.1, 0.15) is 0 Å². The molecule has 1 aliphatic heterocycles. The summed E-state index contributed by atoms with van der Waals surface area (Å²) in [7, 11) is 0. The average molecular weight is 346 g/mol. The van der Waals surface area contributed by atoms with E-state index < -0.39 is 0 Å². The smallest absolute Gasteiger partial charge is 0.0558 e. The zero-order valence-electron chi connectivity index (χ0n) is 17.5. The van der Waals surface area contributed by atoms with Gasteiger partial charge in [0, 0.05) is 11.6 Å². The fourth-order valence-electron chi connectivity index (χ4n) is 3.91. The van der Waals surface area contributed by atoms with Gasteiger partial charge >= 0.3 is 0 Å². The van der Waals surface area contributed by atoms with Crippen molar-refractivity contribution in [3.8, 4) is 0 Å². The highest BCUT2D eigenvalue weighted by molar-refractivity contribution is 5.66. The van der Waals surface area contributed by atoms with E-state index in [4.69, 9.17) is 4.99 Å². The molecular formula is C24H43N. The number of nitrogens with zero attached hydrogens (tertiary/aromatic N) is 1. The monoisotopic (exact) mass is 345 g/mol. The van der Waals surface area contributed by atoms with E-state index in [1.807, 2.05) is 0 Å². The maximum atomic E-state index is 5.25. The molecule has 0 aliphatic carbocycles. The van der Waals surface area contributed by atoms with Gasteiger partial charge in [0.25, 0.3) is 0 Å². The second-order valence-corrected chi connectivity index (χ2v) is 7.94. The normalized spacial score (nSPS) is 28.7. The van der Waals surface area contributed by atoms with Crippen molar-refractivity contribution in [3.63, 3.8) is 0 Å². The topological polar surface area (TPSA) is 12.4 Å². The molecule has 0 fully saturated rings. The molecule has 0 radical (unpaired) electrons. The number of aliphatic imine (C=N–C) groups is 1. The summed E-state index contributed by atoms with van der Waals surface area (Å²) < 4.78 is 0. The summed E-state index contributed by atoms with van der Waals surface area (Å²) in [6, 6.07) is 0.476. The highest BCUT2D eigenvalue weighted by atomic mass is 14.8.